The average Bonchev–Trinajstić information content (AvgIpc) is 3.27. The maximum Gasteiger partial charge on any atom is 0.270 e. The Labute approximate surface area is 184 Å². The van der Waals surface area contributed by atoms with Crippen LogP contribution < -0.4 is 15.4 Å². The lowest BCUT2D eigenvalue weighted by Gasteiger charge is -2.22. The van der Waals surface area contributed by atoms with Gasteiger partial charge in [-0.1, -0.05) is 6.07 Å². The highest BCUT2D eigenvalue weighted by atomic mass is 19.1. The summed E-state index contributed by atoms with van der Waals surface area (Å²) in [6, 6.07) is 7.83. The van der Waals surface area contributed by atoms with Gasteiger partial charge in [-0.15, -0.1) is 10.2 Å². The Morgan fingerprint density at radius 2 is 2.25 bits per heavy atom. The van der Waals surface area contributed by atoms with Crippen LogP contribution in [0.1, 0.15) is 21.7 Å². The second-order valence-corrected chi connectivity index (χ2v) is 7.40. The predicted molar refractivity (Wildman–Crippen MR) is 113 cm³/mol. The molecule has 1 fully saturated rings. The molecule has 2 aromatic heterocycles. The number of pyridine rings is 1. The first-order valence-corrected chi connectivity index (χ1v) is 10.2. The maximum absolute atomic E-state index is 13.6. The van der Waals surface area contributed by atoms with E-state index in [1.807, 2.05) is 0 Å². The van der Waals surface area contributed by atoms with Crippen molar-refractivity contribution in [1.29, 1.82) is 0 Å². The van der Waals surface area contributed by atoms with Gasteiger partial charge >= 0.3 is 0 Å². The molecule has 3 heterocycles. The molecule has 0 radical (unpaired) electrons. The van der Waals surface area contributed by atoms with Crippen molar-refractivity contribution in [2.75, 3.05) is 26.8 Å². The minimum Gasteiger partial charge on any atom is -0.494 e. The van der Waals surface area contributed by atoms with Crippen LogP contribution in [0.15, 0.2) is 30.3 Å². The fourth-order valence-corrected chi connectivity index (χ4v) is 3.36. The van der Waals surface area contributed by atoms with Crippen LogP contribution in [0.2, 0.25) is 0 Å². The zero-order chi connectivity index (χ0) is 22.5. The molecule has 0 bridgehead atoms. The van der Waals surface area contributed by atoms with Crippen molar-refractivity contribution in [1.82, 2.24) is 35.8 Å². The van der Waals surface area contributed by atoms with E-state index in [1.165, 1.54) is 18.0 Å². The third-order valence-electron chi connectivity index (χ3n) is 4.94. The Bertz CT molecular complexity index is 1100. The number of amides is 1. The first-order chi connectivity index (χ1) is 15.5. The molecule has 1 aliphatic heterocycles. The predicted octanol–water partition coefficient (Wildman–Crippen LogP) is 1.11. The molecule has 4 rings (SSSR count). The molecular weight excluding hydrogens is 417 g/mol. The molecule has 2 N–H and O–H groups in total. The Kier molecular flexibility index (Phi) is 6.66. The van der Waals surface area contributed by atoms with E-state index in [0.717, 1.165) is 13.1 Å². The molecule has 1 unspecified atom stereocenters. The van der Waals surface area contributed by atoms with Gasteiger partial charge < -0.3 is 20.1 Å². The highest BCUT2D eigenvalue weighted by molar-refractivity contribution is 5.93. The van der Waals surface area contributed by atoms with Crippen LogP contribution in [0.5, 0.6) is 5.75 Å². The SMILES string of the molecule is COc1cc(CNC(=O)c2cc(-c3nnn(CC4CNCCO4)n3)cc(C)n2)ccc1F. The number of halogens is 1. The number of hydrogen-bond acceptors (Lipinski definition) is 8. The summed E-state index contributed by atoms with van der Waals surface area (Å²) >= 11 is 0. The van der Waals surface area contributed by atoms with Crippen molar-refractivity contribution in [2.24, 2.45) is 0 Å². The molecule has 10 nitrogen and oxygen atoms in total. The van der Waals surface area contributed by atoms with Crippen molar-refractivity contribution in [3.05, 3.63) is 53.1 Å². The van der Waals surface area contributed by atoms with Crippen LogP contribution in [0.3, 0.4) is 0 Å². The Morgan fingerprint density at radius 1 is 1.38 bits per heavy atom. The van der Waals surface area contributed by atoms with Gasteiger partial charge in [0.1, 0.15) is 5.69 Å². The number of nitrogens with one attached hydrogen (secondary N) is 2. The number of carbonyl (C=O) groups excluding carboxylic acids is 1. The number of rotatable bonds is 7. The summed E-state index contributed by atoms with van der Waals surface area (Å²) in [6.07, 6.45) is -0.0172. The Balaban J connectivity index is 1.44. The number of methoxy groups -OCH3 is 1. The first-order valence-electron chi connectivity index (χ1n) is 10.2. The van der Waals surface area contributed by atoms with Gasteiger partial charge in [0.15, 0.2) is 11.6 Å². The second-order valence-electron chi connectivity index (χ2n) is 7.40. The van der Waals surface area contributed by atoms with Crippen LogP contribution in [0, 0.1) is 12.7 Å². The number of aromatic nitrogens is 5. The number of nitrogens with zero attached hydrogens (tertiary/aromatic N) is 5. The summed E-state index contributed by atoms with van der Waals surface area (Å²) < 4.78 is 24.2. The normalized spacial score (nSPS) is 16.0. The standard InChI is InChI=1S/C21H24FN7O3/c1-13-7-15(20-26-28-29(27-20)12-16-11-23-5-6-32-16)9-18(25-13)21(30)24-10-14-3-4-17(22)19(8-14)31-2/h3-4,7-9,16,23H,5-6,10-12H2,1-2H3,(H,24,30). The lowest BCUT2D eigenvalue weighted by atomic mass is 10.1. The van der Waals surface area contributed by atoms with Crippen molar-refractivity contribution in [2.45, 2.75) is 26.1 Å². The van der Waals surface area contributed by atoms with E-state index in [4.69, 9.17) is 9.47 Å². The van der Waals surface area contributed by atoms with Crippen LogP contribution in [0.25, 0.3) is 11.4 Å². The third kappa shape index (κ3) is 5.24. The fourth-order valence-electron chi connectivity index (χ4n) is 3.36. The van der Waals surface area contributed by atoms with Gasteiger partial charge in [0.05, 0.1) is 26.4 Å². The smallest absolute Gasteiger partial charge is 0.270 e. The molecule has 1 aliphatic rings. The number of ether oxygens (including phenoxy) is 2. The molecular formula is C21H24FN7O3. The molecule has 168 valence electrons. The van der Waals surface area contributed by atoms with Gasteiger partial charge in [0.2, 0.25) is 5.82 Å². The minimum atomic E-state index is -0.459. The van der Waals surface area contributed by atoms with E-state index < -0.39 is 5.82 Å². The molecule has 1 saturated heterocycles. The molecule has 3 aromatic rings. The zero-order valence-corrected chi connectivity index (χ0v) is 17.8. The monoisotopic (exact) mass is 441 g/mol. The summed E-state index contributed by atoms with van der Waals surface area (Å²) in [5.41, 5.74) is 2.21. The number of aryl methyl sites for hydroxylation is 1. The Hall–Kier alpha value is -3.44. The molecule has 0 saturated carbocycles. The van der Waals surface area contributed by atoms with E-state index in [2.05, 4.69) is 31.0 Å². The Morgan fingerprint density at radius 3 is 3.03 bits per heavy atom. The highest BCUT2D eigenvalue weighted by Crippen LogP contribution is 2.19. The summed E-state index contributed by atoms with van der Waals surface area (Å²) in [7, 11) is 1.39. The van der Waals surface area contributed by atoms with Gasteiger partial charge in [-0.2, -0.15) is 4.80 Å². The van der Waals surface area contributed by atoms with Gasteiger partial charge in [-0.05, 0) is 42.0 Å². The van der Waals surface area contributed by atoms with Gasteiger partial charge in [-0.25, -0.2) is 9.37 Å². The summed E-state index contributed by atoms with van der Waals surface area (Å²) in [5.74, 6) is -0.306. The number of hydrogen-bond donors (Lipinski definition) is 2. The highest BCUT2D eigenvalue weighted by Gasteiger charge is 2.17. The van der Waals surface area contributed by atoms with Crippen LogP contribution in [-0.4, -0.2) is 64.0 Å². The molecule has 1 aromatic carbocycles. The largest absolute Gasteiger partial charge is 0.494 e. The quantitative estimate of drug-likeness (QED) is 0.560. The maximum atomic E-state index is 13.6. The number of tetrazole rings is 1. The molecule has 1 atom stereocenters. The summed E-state index contributed by atoms with van der Waals surface area (Å²) in [4.78, 5) is 18.5. The van der Waals surface area contributed by atoms with E-state index in [9.17, 15) is 9.18 Å². The minimum absolute atomic E-state index is 0.0172. The molecule has 1 amide bonds. The molecule has 32 heavy (non-hydrogen) atoms. The van der Waals surface area contributed by atoms with Crippen LogP contribution in [-0.2, 0) is 17.8 Å². The third-order valence-corrected chi connectivity index (χ3v) is 4.94. The number of benzene rings is 1. The topological polar surface area (TPSA) is 116 Å². The summed E-state index contributed by atoms with van der Waals surface area (Å²) in [5, 5.41) is 18.7. The van der Waals surface area contributed by atoms with Crippen molar-refractivity contribution >= 4 is 5.91 Å². The fraction of sp³-hybridized carbons (Fsp3) is 0.381. The van der Waals surface area contributed by atoms with E-state index in [0.29, 0.717) is 35.8 Å². The molecule has 0 aliphatic carbocycles. The number of carbonyl (C=O) groups is 1. The lowest BCUT2D eigenvalue weighted by molar-refractivity contribution is 0.0133. The van der Waals surface area contributed by atoms with E-state index in [-0.39, 0.29) is 30.0 Å². The average molecular weight is 441 g/mol. The lowest BCUT2D eigenvalue weighted by Crippen LogP contribution is -2.41. The van der Waals surface area contributed by atoms with Crippen LogP contribution in [0.4, 0.5) is 4.39 Å². The van der Waals surface area contributed by atoms with E-state index >= 15 is 0 Å². The van der Waals surface area contributed by atoms with Gasteiger partial charge in [0, 0.05) is 30.9 Å². The molecule has 11 heteroatoms. The van der Waals surface area contributed by atoms with Crippen molar-refractivity contribution in [3.8, 4) is 17.1 Å². The van der Waals surface area contributed by atoms with Gasteiger partial charge in [-0.3, -0.25) is 4.79 Å². The number of morpholine rings is 1. The van der Waals surface area contributed by atoms with Crippen LogP contribution >= 0.6 is 0 Å². The van der Waals surface area contributed by atoms with Gasteiger partial charge in [0.25, 0.3) is 5.91 Å². The molecule has 0 spiro atoms. The van der Waals surface area contributed by atoms with E-state index in [1.54, 1.807) is 31.2 Å². The second kappa shape index (κ2) is 9.79. The van der Waals surface area contributed by atoms with Crippen molar-refractivity contribution < 1.29 is 18.7 Å². The zero-order valence-electron chi connectivity index (χ0n) is 17.8. The van der Waals surface area contributed by atoms with Crippen molar-refractivity contribution in [3.63, 3.8) is 0 Å². The summed E-state index contributed by atoms with van der Waals surface area (Å²) in [6.45, 7) is 4.69. The first kappa shape index (κ1) is 21.8.